The molecule has 2 N–H and O–H groups in total. The van der Waals surface area contributed by atoms with Crippen LogP contribution in [0, 0.1) is 6.92 Å². The van der Waals surface area contributed by atoms with Gasteiger partial charge in [0.05, 0.1) is 5.52 Å². The molecule has 0 fully saturated rings. The van der Waals surface area contributed by atoms with Gasteiger partial charge in [0.25, 0.3) is 0 Å². The van der Waals surface area contributed by atoms with E-state index in [-0.39, 0.29) is 18.2 Å². The van der Waals surface area contributed by atoms with E-state index in [0.29, 0.717) is 16.7 Å². The zero-order chi connectivity index (χ0) is 19.7. The number of hydrogen-bond donors (Lipinski definition) is 2. The average molecular weight is 438 g/mol. The molecule has 28 heavy (non-hydrogen) atoms. The van der Waals surface area contributed by atoms with Crippen LogP contribution in [0.25, 0.3) is 21.7 Å². The van der Waals surface area contributed by atoms with Crippen molar-refractivity contribution in [3.05, 3.63) is 64.6 Å². The minimum absolute atomic E-state index is 0.145. The molecular weight excluding hydrogens is 422 g/mol. The number of fused-ring (bicyclic) bond motifs is 2. The van der Waals surface area contributed by atoms with Crippen LogP contribution in [0.5, 0.6) is 11.6 Å². The van der Waals surface area contributed by atoms with Crippen molar-refractivity contribution in [2.24, 2.45) is 10.2 Å². The summed E-state index contributed by atoms with van der Waals surface area (Å²) in [5, 5.41) is 20.5. The molecule has 0 unspecified atom stereocenters. The molecule has 3 aromatic carbocycles. The van der Waals surface area contributed by atoms with Crippen LogP contribution in [0.2, 0.25) is 0 Å². The maximum atomic E-state index is 12.1. The number of nitrogens with one attached hydrogen (secondary N) is 1. The number of amides is 1. The van der Waals surface area contributed by atoms with Crippen LogP contribution in [0.3, 0.4) is 0 Å². The molecule has 0 spiro atoms. The highest BCUT2D eigenvalue weighted by Crippen LogP contribution is 2.41. The van der Waals surface area contributed by atoms with Gasteiger partial charge >= 0.3 is 5.91 Å². The Hall–Kier alpha value is -3.19. The second-order valence-electron chi connectivity index (χ2n) is 6.33. The van der Waals surface area contributed by atoms with Crippen LogP contribution in [0.1, 0.15) is 5.56 Å². The molecule has 0 atom stereocenters. The van der Waals surface area contributed by atoms with E-state index in [1.807, 2.05) is 55.5 Å². The molecule has 7 heteroatoms. The number of azo groups is 1. The monoisotopic (exact) mass is 437 g/mol. The third kappa shape index (κ3) is 3.48. The maximum Gasteiger partial charge on any atom is 0.302 e. The Labute approximate surface area is 169 Å². The number of carbonyl (C=O) groups is 1. The smallest absolute Gasteiger partial charge is 0.302 e. The molecule has 6 nitrogen and oxygen atoms in total. The first-order valence-electron chi connectivity index (χ1n) is 8.59. The number of rotatable bonds is 4. The van der Waals surface area contributed by atoms with Crippen molar-refractivity contribution in [1.29, 1.82) is 0 Å². The summed E-state index contributed by atoms with van der Waals surface area (Å²) in [6.45, 7) is 1.68. The minimum Gasteiger partial charge on any atom is -0.493 e. The second-order valence-corrected chi connectivity index (χ2v) is 7.13. The van der Waals surface area contributed by atoms with Crippen molar-refractivity contribution >= 4 is 49.2 Å². The molecule has 1 amide bonds. The summed E-state index contributed by atoms with van der Waals surface area (Å²) < 4.78 is 6.31. The fourth-order valence-corrected chi connectivity index (χ4v) is 3.49. The van der Waals surface area contributed by atoms with Crippen molar-refractivity contribution in [1.82, 2.24) is 4.98 Å². The zero-order valence-corrected chi connectivity index (χ0v) is 16.5. The minimum atomic E-state index is -0.550. The first-order chi connectivity index (χ1) is 13.5. The molecule has 140 valence electrons. The number of aryl methyl sites for hydroxylation is 1. The Morgan fingerprint density at radius 2 is 1.93 bits per heavy atom. The number of carbonyl (C=O) groups excluding carboxylic acids is 1. The molecule has 0 saturated heterocycles. The normalized spacial score (nSPS) is 11.5. The van der Waals surface area contributed by atoms with Gasteiger partial charge in [0, 0.05) is 9.86 Å². The van der Waals surface area contributed by atoms with Crippen LogP contribution < -0.4 is 4.74 Å². The van der Waals surface area contributed by atoms with Crippen LogP contribution in [0.4, 0.5) is 5.69 Å². The van der Waals surface area contributed by atoms with Gasteiger partial charge in [-0.25, -0.2) is 0 Å². The van der Waals surface area contributed by atoms with Crippen molar-refractivity contribution in [2.45, 2.75) is 6.92 Å². The molecule has 0 bridgehead atoms. The Balaban J connectivity index is 1.50. The summed E-state index contributed by atoms with van der Waals surface area (Å²) in [6, 6.07) is 17.2. The van der Waals surface area contributed by atoms with Crippen molar-refractivity contribution in [2.75, 3.05) is 6.61 Å². The zero-order valence-electron chi connectivity index (χ0n) is 14.9. The SMILES string of the molecule is Cc1ccc2[nH]c(O)c(N=NC(=O)COc3ccc4ccccc4c3)c2c1Br. The van der Waals surface area contributed by atoms with Crippen LogP contribution >= 0.6 is 15.9 Å². The maximum absolute atomic E-state index is 12.1. The highest BCUT2D eigenvalue weighted by Gasteiger charge is 2.15. The average Bonchev–Trinajstić information content (AvgIpc) is 3.03. The van der Waals surface area contributed by atoms with Crippen molar-refractivity contribution in [3.63, 3.8) is 0 Å². The first-order valence-corrected chi connectivity index (χ1v) is 9.38. The van der Waals surface area contributed by atoms with Crippen molar-refractivity contribution in [3.8, 4) is 11.6 Å². The lowest BCUT2D eigenvalue weighted by Crippen LogP contribution is -2.07. The molecule has 0 aliphatic heterocycles. The Morgan fingerprint density at radius 1 is 1.14 bits per heavy atom. The fourth-order valence-electron chi connectivity index (χ4n) is 2.96. The lowest BCUT2D eigenvalue weighted by molar-refractivity contribution is -0.120. The highest BCUT2D eigenvalue weighted by molar-refractivity contribution is 9.10. The van der Waals surface area contributed by atoms with Gasteiger partial charge in [-0.1, -0.05) is 36.4 Å². The molecule has 0 aliphatic rings. The summed E-state index contributed by atoms with van der Waals surface area (Å²) in [7, 11) is 0. The third-order valence-electron chi connectivity index (χ3n) is 4.39. The number of aromatic hydroxyl groups is 1. The van der Waals surface area contributed by atoms with E-state index in [0.717, 1.165) is 20.8 Å². The van der Waals surface area contributed by atoms with E-state index < -0.39 is 5.91 Å². The number of aromatic amines is 1. The third-order valence-corrected chi connectivity index (χ3v) is 5.42. The standard InChI is InChI=1S/C21H16BrN3O3/c1-12-6-9-16-18(19(12)22)20(21(27)23-16)25-24-17(26)11-28-15-8-7-13-4-2-3-5-14(13)10-15/h2-10,23,27H,11H2,1H3. The molecular formula is C21H16BrN3O3. The first kappa shape index (κ1) is 18.2. The van der Waals surface area contributed by atoms with Gasteiger partial charge in [0.15, 0.2) is 12.3 Å². The fraction of sp³-hybridized carbons (Fsp3) is 0.0952. The molecule has 1 aromatic heterocycles. The van der Waals surface area contributed by atoms with Crippen LogP contribution in [0.15, 0.2) is 69.3 Å². The van der Waals surface area contributed by atoms with E-state index in [4.69, 9.17) is 4.74 Å². The lowest BCUT2D eigenvalue weighted by Gasteiger charge is -2.04. The number of nitrogens with zero attached hydrogens (tertiary/aromatic N) is 2. The van der Waals surface area contributed by atoms with Crippen LogP contribution in [-0.2, 0) is 4.79 Å². The Bertz CT molecular complexity index is 1230. The van der Waals surface area contributed by atoms with Gasteiger partial charge in [-0.05, 0) is 57.4 Å². The predicted molar refractivity (Wildman–Crippen MR) is 111 cm³/mol. The van der Waals surface area contributed by atoms with Crippen LogP contribution in [-0.4, -0.2) is 22.6 Å². The van der Waals surface area contributed by atoms with E-state index in [1.54, 1.807) is 6.07 Å². The van der Waals surface area contributed by atoms with Gasteiger partial charge < -0.3 is 14.8 Å². The largest absolute Gasteiger partial charge is 0.493 e. The van der Waals surface area contributed by atoms with Gasteiger partial charge in [-0.3, -0.25) is 4.79 Å². The Morgan fingerprint density at radius 3 is 2.75 bits per heavy atom. The number of benzene rings is 3. The molecule has 0 saturated carbocycles. The van der Waals surface area contributed by atoms with E-state index in [2.05, 4.69) is 31.1 Å². The topological polar surface area (TPSA) is 87.0 Å². The van der Waals surface area contributed by atoms with E-state index in [1.165, 1.54) is 0 Å². The highest BCUT2D eigenvalue weighted by atomic mass is 79.9. The summed E-state index contributed by atoms with van der Waals surface area (Å²) in [5.74, 6) is -0.116. The second kappa shape index (κ2) is 7.44. The summed E-state index contributed by atoms with van der Waals surface area (Å²) >= 11 is 3.49. The quantitative estimate of drug-likeness (QED) is 0.396. The van der Waals surface area contributed by atoms with Crippen molar-refractivity contribution < 1.29 is 14.6 Å². The number of ether oxygens (including phenoxy) is 1. The molecule has 4 aromatic rings. The number of halogens is 1. The molecule has 1 heterocycles. The summed E-state index contributed by atoms with van der Waals surface area (Å²) in [5.41, 5.74) is 1.89. The van der Waals surface area contributed by atoms with E-state index >= 15 is 0 Å². The van der Waals surface area contributed by atoms with Gasteiger partial charge in [-0.2, -0.15) is 0 Å². The molecule has 0 radical (unpaired) electrons. The molecule has 4 rings (SSSR count). The van der Waals surface area contributed by atoms with E-state index in [9.17, 15) is 9.90 Å². The number of H-pyrrole nitrogens is 1. The lowest BCUT2D eigenvalue weighted by atomic mass is 10.1. The predicted octanol–water partition coefficient (Wildman–Crippen LogP) is 5.79. The van der Waals surface area contributed by atoms with Gasteiger partial charge in [0.1, 0.15) is 5.75 Å². The number of hydrogen-bond acceptors (Lipinski definition) is 4. The molecule has 0 aliphatic carbocycles. The summed E-state index contributed by atoms with van der Waals surface area (Å²) in [4.78, 5) is 14.9. The Kier molecular flexibility index (Phi) is 4.83. The summed E-state index contributed by atoms with van der Waals surface area (Å²) in [6.07, 6.45) is 0. The van der Waals surface area contributed by atoms with Gasteiger partial charge in [0.2, 0.25) is 5.88 Å². The van der Waals surface area contributed by atoms with Gasteiger partial charge in [-0.15, -0.1) is 10.2 Å². The number of aromatic nitrogens is 1.